The maximum atomic E-state index is 12.3. The number of nitrogens with two attached hydrogens (primary N) is 1. The molecule has 2 N–H and O–H groups in total. The third-order valence-corrected chi connectivity index (χ3v) is 3.84. The minimum Gasteiger partial charge on any atom is -0.496 e. The molecule has 2 rings (SSSR count). The zero-order valence-corrected chi connectivity index (χ0v) is 13.6. The third-order valence-electron chi connectivity index (χ3n) is 3.17. The monoisotopic (exact) mass is 339 g/mol. The highest BCUT2D eigenvalue weighted by atomic mass is 35.5. The van der Waals surface area contributed by atoms with Gasteiger partial charge in [-0.3, -0.25) is 0 Å². The quantitative estimate of drug-likeness (QED) is 0.657. The molecule has 0 amide bonds. The zero-order valence-electron chi connectivity index (χ0n) is 12.1. The van der Waals surface area contributed by atoms with E-state index in [0.29, 0.717) is 16.5 Å². The van der Waals surface area contributed by atoms with Crippen LogP contribution < -0.4 is 10.5 Å². The lowest BCUT2D eigenvalue weighted by Crippen LogP contribution is -2.11. The van der Waals surface area contributed by atoms with Crippen molar-refractivity contribution >= 4 is 34.9 Å². The molecule has 2 aromatic carbocycles. The Morgan fingerprint density at radius 2 is 1.86 bits per heavy atom. The minimum atomic E-state index is -0.564. The molecule has 116 valence electrons. The van der Waals surface area contributed by atoms with Crippen molar-refractivity contribution in [3.8, 4) is 5.75 Å². The number of benzene rings is 2. The fraction of sp³-hybridized carbons (Fsp3) is 0.188. The number of carbonyl (C=O) groups excluding carboxylic acids is 1. The molecular formula is C16H15Cl2NO3. The largest absolute Gasteiger partial charge is 0.496 e. The summed E-state index contributed by atoms with van der Waals surface area (Å²) < 4.78 is 10.6. The smallest absolute Gasteiger partial charge is 0.342 e. The van der Waals surface area contributed by atoms with E-state index in [4.69, 9.17) is 38.4 Å². The maximum Gasteiger partial charge on any atom is 0.342 e. The second-order valence-electron chi connectivity index (χ2n) is 4.64. The summed E-state index contributed by atoms with van der Waals surface area (Å²) in [5.74, 6) is -0.260. The fourth-order valence-electron chi connectivity index (χ4n) is 1.99. The van der Waals surface area contributed by atoms with Crippen molar-refractivity contribution < 1.29 is 14.3 Å². The normalized spacial score (nSPS) is 11.8. The Morgan fingerprint density at radius 1 is 1.18 bits per heavy atom. The number of carbonyl (C=O) groups is 1. The molecule has 2 aromatic rings. The summed E-state index contributed by atoms with van der Waals surface area (Å²) >= 11 is 12.1. The first-order chi connectivity index (χ1) is 10.4. The van der Waals surface area contributed by atoms with Crippen molar-refractivity contribution in [2.24, 2.45) is 0 Å². The Labute approximate surface area is 138 Å². The predicted molar refractivity (Wildman–Crippen MR) is 87.7 cm³/mol. The average molecular weight is 340 g/mol. The lowest BCUT2D eigenvalue weighted by molar-refractivity contribution is 0.0334. The number of nitrogen functional groups attached to an aromatic ring is 1. The average Bonchev–Trinajstić information content (AvgIpc) is 2.49. The van der Waals surface area contributed by atoms with Gasteiger partial charge in [0.1, 0.15) is 17.4 Å². The van der Waals surface area contributed by atoms with Gasteiger partial charge in [0.2, 0.25) is 0 Å². The zero-order chi connectivity index (χ0) is 16.3. The highest BCUT2D eigenvalue weighted by Gasteiger charge is 2.20. The summed E-state index contributed by atoms with van der Waals surface area (Å²) in [5.41, 5.74) is 6.95. The Morgan fingerprint density at radius 3 is 2.50 bits per heavy atom. The van der Waals surface area contributed by atoms with E-state index < -0.39 is 12.1 Å². The van der Waals surface area contributed by atoms with Crippen molar-refractivity contribution in [2.45, 2.75) is 13.0 Å². The van der Waals surface area contributed by atoms with E-state index in [1.807, 2.05) is 12.1 Å². The predicted octanol–water partition coefficient (Wildman–Crippen LogP) is 4.50. The Hall–Kier alpha value is -1.91. The molecule has 0 aliphatic heterocycles. The van der Waals surface area contributed by atoms with Gasteiger partial charge in [-0.2, -0.15) is 0 Å². The number of esters is 1. The lowest BCUT2D eigenvalue weighted by Gasteiger charge is -2.16. The van der Waals surface area contributed by atoms with Gasteiger partial charge in [0.15, 0.2) is 0 Å². The molecule has 1 unspecified atom stereocenters. The summed E-state index contributed by atoms with van der Waals surface area (Å²) in [6.07, 6.45) is -0.512. The van der Waals surface area contributed by atoms with Gasteiger partial charge in [0.25, 0.3) is 0 Å². The van der Waals surface area contributed by atoms with Crippen LogP contribution in [0.2, 0.25) is 10.0 Å². The summed E-state index contributed by atoms with van der Waals surface area (Å²) in [4.78, 5) is 12.3. The number of hydrogen-bond donors (Lipinski definition) is 1. The van der Waals surface area contributed by atoms with Crippen LogP contribution in [0, 0.1) is 0 Å². The van der Waals surface area contributed by atoms with E-state index in [1.165, 1.54) is 19.2 Å². The van der Waals surface area contributed by atoms with Gasteiger partial charge in [-0.05, 0) is 19.1 Å². The van der Waals surface area contributed by atoms with Crippen LogP contribution >= 0.6 is 23.2 Å². The van der Waals surface area contributed by atoms with Crippen LogP contribution in [0.3, 0.4) is 0 Å². The molecule has 0 bridgehead atoms. The van der Waals surface area contributed by atoms with Crippen LogP contribution in [-0.4, -0.2) is 13.1 Å². The van der Waals surface area contributed by atoms with Crippen molar-refractivity contribution in [3.63, 3.8) is 0 Å². The second-order valence-corrected chi connectivity index (χ2v) is 5.46. The van der Waals surface area contributed by atoms with Gasteiger partial charge < -0.3 is 15.2 Å². The molecule has 0 aliphatic carbocycles. The van der Waals surface area contributed by atoms with E-state index in [-0.39, 0.29) is 10.6 Å². The van der Waals surface area contributed by atoms with Crippen LogP contribution in [0.5, 0.6) is 5.75 Å². The first kappa shape index (κ1) is 16.5. The lowest BCUT2D eigenvalue weighted by atomic mass is 10.1. The van der Waals surface area contributed by atoms with Crippen molar-refractivity contribution in [3.05, 3.63) is 57.6 Å². The summed E-state index contributed by atoms with van der Waals surface area (Å²) in [5, 5.41) is 0.795. The molecule has 22 heavy (non-hydrogen) atoms. The minimum absolute atomic E-state index is 0.209. The van der Waals surface area contributed by atoms with E-state index in [2.05, 4.69) is 0 Å². The molecule has 0 saturated heterocycles. The summed E-state index contributed by atoms with van der Waals surface area (Å²) in [6.45, 7) is 1.74. The summed E-state index contributed by atoms with van der Waals surface area (Å²) in [7, 11) is 1.44. The highest BCUT2D eigenvalue weighted by Crippen LogP contribution is 2.31. The topological polar surface area (TPSA) is 61.5 Å². The van der Waals surface area contributed by atoms with Crippen LogP contribution in [0.1, 0.15) is 28.9 Å². The van der Waals surface area contributed by atoms with Gasteiger partial charge in [-0.1, -0.05) is 41.4 Å². The molecule has 4 nitrogen and oxygen atoms in total. The van der Waals surface area contributed by atoms with Crippen LogP contribution in [-0.2, 0) is 4.74 Å². The van der Waals surface area contributed by atoms with Crippen LogP contribution in [0.15, 0.2) is 36.4 Å². The van der Waals surface area contributed by atoms with Gasteiger partial charge in [0.05, 0.1) is 17.8 Å². The number of hydrogen-bond acceptors (Lipinski definition) is 4. The van der Waals surface area contributed by atoms with Gasteiger partial charge in [0, 0.05) is 16.7 Å². The Balaban J connectivity index is 2.26. The van der Waals surface area contributed by atoms with Crippen molar-refractivity contribution in [2.75, 3.05) is 12.8 Å². The van der Waals surface area contributed by atoms with E-state index in [0.717, 1.165) is 5.56 Å². The molecule has 0 radical (unpaired) electrons. The standard InChI is InChI=1S/C16H15Cl2NO3/c1-9(10-5-3-4-6-12(10)17)22-16(20)11-7-13(18)14(19)8-15(11)21-2/h3-9H,19H2,1-2H3. The molecule has 0 heterocycles. The van der Waals surface area contributed by atoms with E-state index in [1.54, 1.807) is 19.1 Å². The number of ether oxygens (including phenoxy) is 2. The molecule has 0 aliphatic rings. The van der Waals surface area contributed by atoms with Crippen molar-refractivity contribution in [1.29, 1.82) is 0 Å². The van der Waals surface area contributed by atoms with Crippen molar-refractivity contribution in [1.82, 2.24) is 0 Å². The first-order valence-corrected chi connectivity index (χ1v) is 7.28. The SMILES string of the molecule is COc1cc(N)c(Cl)cc1C(=O)OC(C)c1ccccc1Cl. The molecule has 0 aromatic heterocycles. The highest BCUT2D eigenvalue weighted by molar-refractivity contribution is 6.33. The second kappa shape index (κ2) is 6.90. The number of anilines is 1. The number of rotatable bonds is 4. The van der Waals surface area contributed by atoms with Gasteiger partial charge in [-0.15, -0.1) is 0 Å². The van der Waals surface area contributed by atoms with Gasteiger partial charge in [-0.25, -0.2) is 4.79 Å². The third kappa shape index (κ3) is 3.46. The molecular weight excluding hydrogens is 325 g/mol. The van der Waals surface area contributed by atoms with Crippen LogP contribution in [0.25, 0.3) is 0 Å². The Kier molecular flexibility index (Phi) is 5.16. The number of methoxy groups -OCH3 is 1. The Bertz CT molecular complexity index is 704. The van der Waals surface area contributed by atoms with Gasteiger partial charge >= 0.3 is 5.97 Å². The molecule has 0 fully saturated rings. The van der Waals surface area contributed by atoms with E-state index in [9.17, 15) is 4.79 Å². The molecule has 0 spiro atoms. The maximum absolute atomic E-state index is 12.3. The molecule has 6 heteroatoms. The first-order valence-electron chi connectivity index (χ1n) is 6.52. The fourth-order valence-corrected chi connectivity index (χ4v) is 2.44. The van der Waals surface area contributed by atoms with Crippen LogP contribution in [0.4, 0.5) is 5.69 Å². The van der Waals surface area contributed by atoms with E-state index >= 15 is 0 Å². The molecule has 0 saturated carbocycles. The summed E-state index contributed by atoms with van der Waals surface area (Å²) in [6, 6.07) is 10.1. The number of halogens is 2. The molecule has 1 atom stereocenters.